The smallest absolute Gasteiger partial charge is 0.510 e. The fourth-order valence-electron chi connectivity index (χ4n) is 7.56. The molecule has 0 saturated carbocycles. The van der Waals surface area contributed by atoms with Crippen LogP contribution in [0.15, 0.2) is 97.3 Å². The molecule has 0 unspecified atom stereocenters. The van der Waals surface area contributed by atoms with Crippen LogP contribution in [0.4, 0.5) is 39.8 Å². The zero-order chi connectivity index (χ0) is 34.7. The predicted molar refractivity (Wildman–Crippen MR) is 209 cm³/mol. The van der Waals surface area contributed by atoms with E-state index in [0.717, 1.165) is 39.8 Å². The second-order valence-corrected chi connectivity index (χ2v) is 15.9. The molecule has 5 aromatic carbocycles. The van der Waals surface area contributed by atoms with Crippen molar-refractivity contribution in [2.24, 2.45) is 0 Å². The third-order valence-corrected chi connectivity index (χ3v) is 10.3. The Bertz CT molecular complexity index is 2370. The fraction of sp³-hybridized carbons (Fsp3) is 0.227. The Balaban J connectivity index is 0.00000374. The molecule has 0 atom stereocenters. The number of hydrogen-bond acceptors (Lipinski definition) is 5. The molecule has 3 aliphatic heterocycles. The van der Waals surface area contributed by atoms with Crippen molar-refractivity contribution in [3.05, 3.63) is 134 Å². The van der Waals surface area contributed by atoms with Gasteiger partial charge in [0.25, 0.3) is 0 Å². The van der Waals surface area contributed by atoms with Gasteiger partial charge in [-0.3, -0.25) is 0 Å². The van der Waals surface area contributed by atoms with Crippen molar-refractivity contribution >= 4 is 61.6 Å². The average Bonchev–Trinajstić information content (AvgIpc) is 3.78. The molecule has 51 heavy (non-hydrogen) atoms. The number of hydrogen-bond donors (Lipinski definition) is 0. The molecular weight excluding hydrogens is 808 g/mol. The van der Waals surface area contributed by atoms with E-state index in [1.54, 1.807) is 0 Å². The molecule has 1 aromatic heterocycles. The third-order valence-electron chi connectivity index (χ3n) is 10.3. The molecule has 3 aliphatic rings. The summed E-state index contributed by atoms with van der Waals surface area (Å²) < 4.78 is 2.45. The van der Waals surface area contributed by atoms with Crippen molar-refractivity contribution in [1.29, 1.82) is 0 Å². The number of aromatic nitrogens is 1. The van der Waals surface area contributed by atoms with Gasteiger partial charge in [0.15, 0.2) is 0 Å². The summed E-state index contributed by atoms with van der Waals surface area (Å²) in [4.78, 5) is 11.0. The summed E-state index contributed by atoms with van der Waals surface area (Å²) in [5, 5.41) is 2.51. The average molecular weight is 850 g/mol. The van der Waals surface area contributed by atoms with E-state index in [0.29, 0.717) is 0 Å². The predicted octanol–water partition coefficient (Wildman–Crippen LogP) is 10.8. The molecular formula is C44H42N6Pt. The summed E-state index contributed by atoms with van der Waals surface area (Å²) in [6.45, 7) is 18.0. The molecule has 0 saturated heterocycles. The Labute approximate surface area is 316 Å². The van der Waals surface area contributed by atoms with Crippen LogP contribution in [0.1, 0.15) is 52.7 Å². The Hall–Kier alpha value is -4.67. The van der Waals surface area contributed by atoms with E-state index in [4.69, 9.17) is 0 Å². The van der Waals surface area contributed by atoms with E-state index in [-0.39, 0.29) is 31.9 Å². The number of para-hydroxylation sites is 3. The van der Waals surface area contributed by atoms with Crippen LogP contribution in [0.3, 0.4) is 0 Å². The summed E-state index contributed by atoms with van der Waals surface area (Å²) in [5.41, 5.74) is 13.4. The van der Waals surface area contributed by atoms with Crippen LogP contribution in [0.5, 0.6) is 0 Å². The van der Waals surface area contributed by atoms with Crippen LogP contribution in [0.25, 0.3) is 27.5 Å². The molecule has 9 rings (SSSR count). The van der Waals surface area contributed by atoms with E-state index >= 15 is 0 Å². The van der Waals surface area contributed by atoms with Crippen LogP contribution in [0, 0.1) is 25.5 Å². The number of benzene rings is 5. The Kier molecular flexibility index (Phi) is 7.67. The molecule has 6 aromatic rings. The van der Waals surface area contributed by atoms with Crippen molar-refractivity contribution in [2.75, 3.05) is 33.7 Å². The molecule has 258 valence electrons. The minimum Gasteiger partial charge on any atom is -0.510 e. The van der Waals surface area contributed by atoms with E-state index in [1.807, 2.05) is 7.05 Å². The Morgan fingerprint density at radius 1 is 0.588 bits per heavy atom. The van der Waals surface area contributed by atoms with E-state index in [9.17, 15) is 0 Å². The Morgan fingerprint density at radius 2 is 1.31 bits per heavy atom. The number of rotatable bonds is 3. The summed E-state index contributed by atoms with van der Waals surface area (Å²) in [5.74, 6) is 0. The van der Waals surface area contributed by atoms with Crippen LogP contribution >= 0.6 is 0 Å². The van der Waals surface area contributed by atoms with Crippen LogP contribution in [-0.4, -0.2) is 23.6 Å². The molecule has 0 bridgehead atoms. The molecule has 6 nitrogen and oxygen atoms in total. The summed E-state index contributed by atoms with van der Waals surface area (Å²) in [6, 6.07) is 39.2. The van der Waals surface area contributed by atoms with Crippen molar-refractivity contribution in [2.45, 2.75) is 52.4 Å². The van der Waals surface area contributed by atoms with E-state index in [2.05, 4.69) is 200 Å². The summed E-state index contributed by atoms with van der Waals surface area (Å²) >= 11 is 0. The van der Waals surface area contributed by atoms with Crippen LogP contribution in [0.2, 0.25) is 0 Å². The van der Waals surface area contributed by atoms with Gasteiger partial charge < -0.3 is 29.1 Å². The molecule has 0 radical (unpaired) electrons. The van der Waals surface area contributed by atoms with Gasteiger partial charge in [0.1, 0.15) is 0 Å². The first-order valence-electron chi connectivity index (χ1n) is 17.4. The molecule has 0 fully saturated rings. The largest absolute Gasteiger partial charge is 4.00 e. The van der Waals surface area contributed by atoms with Gasteiger partial charge >= 0.3 is 21.1 Å². The van der Waals surface area contributed by atoms with Crippen LogP contribution < -0.4 is 19.6 Å². The molecule has 0 N–H and O–H groups in total. The summed E-state index contributed by atoms with van der Waals surface area (Å²) in [7, 11) is 4.15. The number of anilines is 7. The normalized spacial score (nSPS) is 15.3. The van der Waals surface area contributed by atoms with Crippen molar-refractivity contribution in [1.82, 2.24) is 9.47 Å². The first kappa shape index (κ1) is 33.5. The Morgan fingerprint density at radius 3 is 2.04 bits per heavy atom. The van der Waals surface area contributed by atoms with Gasteiger partial charge in [0.2, 0.25) is 0 Å². The topological polar surface area (TPSA) is 21.1 Å². The second-order valence-electron chi connectivity index (χ2n) is 15.9. The minimum atomic E-state index is -0.0991. The number of nitrogens with zero attached hydrogens (tertiary/aromatic N) is 6. The fourth-order valence-corrected chi connectivity index (χ4v) is 7.56. The van der Waals surface area contributed by atoms with Gasteiger partial charge in [-0.25, -0.2) is 0 Å². The van der Waals surface area contributed by atoms with Gasteiger partial charge in [-0.1, -0.05) is 77.6 Å². The SMILES string of the molecule is CN1C=CN(c2[c-]c3c(cc2)-n2c4ccc(C(C)(C)C)cc4c4cccc(c42)N3c2[c-]c(N3[CH-]N(C)c4ccccc43)cc(C(C)(C)C)c2)[CH-]1.[Pt+4]. The van der Waals surface area contributed by atoms with Gasteiger partial charge in [0, 0.05) is 27.7 Å². The molecule has 7 heteroatoms. The number of fused-ring (bicyclic) bond motifs is 6. The maximum atomic E-state index is 3.92. The first-order chi connectivity index (χ1) is 23.9. The second kappa shape index (κ2) is 11.7. The van der Waals surface area contributed by atoms with E-state index in [1.165, 1.54) is 38.6 Å². The third kappa shape index (κ3) is 5.25. The monoisotopic (exact) mass is 849 g/mol. The zero-order valence-corrected chi connectivity index (χ0v) is 32.7. The molecule has 0 aliphatic carbocycles. The standard InChI is InChI=1S/C44H42N6.Pt/c1-43(2,3)29-16-18-36-35(24-29)34-12-11-15-40-42(34)50(36)39-19-17-31(47-21-20-45(7)27-47)26-41(39)49(40)33-23-30(44(4,5)6)22-32(25-33)48-28-46(8)37-13-9-10-14-38(37)48;/h9-24,27-28H,1-8H3;/q-4;+4. The van der Waals surface area contributed by atoms with Crippen molar-refractivity contribution < 1.29 is 21.1 Å². The zero-order valence-electron chi connectivity index (χ0n) is 30.4. The quantitative estimate of drug-likeness (QED) is 0.165. The maximum Gasteiger partial charge on any atom is 4.00 e. The maximum absolute atomic E-state index is 3.92. The minimum absolute atomic E-state index is 0. The van der Waals surface area contributed by atoms with Gasteiger partial charge in [0.05, 0.1) is 11.2 Å². The van der Waals surface area contributed by atoms with Crippen LogP contribution in [-0.2, 0) is 31.9 Å². The van der Waals surface area contributed by atoms with Gasteiger partial charge in [-0.2, -0.15) is 13.3 Å². The first-order valence-corrected chi connectivity index (χ1v) is 17.4. The van der Waals surface area contributed by atoms with Gasteiger partial charge in [-0.15, -0.1) is 53.3 Å². The summed E-state index contributed by atoms with van der Waals surface area (Å²) in [6.07, 6.45) is 4.14. The molecule has 4 heterocycles. The molecule has 0 spiro atoms. The molecule has 0 amide bonds. The van der Waals surface area contributed by atoms with Crippen molar-refractivity contribution in [3.63, 3.8) is 0 Å². The van der Waals surface area contributed by atoms with E-state index < -0.39 is 0 Å². The van der Waals surface area contributed by atoms with Gasteiger partial charge in [-0.05, 0) is 84.6 Å². The van der Waals surface area contributed by atoms with Crippen molar-refractivity contribution in [3.8, 4) is 5.69 Å².